The molecule has 0 unspecified atom stereocenters. The number of halogens is 2. The van der Waals surface area contributed by atoms with Gasteiger partial charge in [-0.1, -0.05) is 50.3 Å². The molecule has 0 fully saturated rings. The SMILES string of the molecule is CCC1(CC)C=Cc2ccccc21.[Cl][Zr][Cl]. The Bertz CT molecular complexity index is 357. The molecule has 0 amide bonds. The van der Waals surface area contributed by atoms with E-state index in [0.717, 1.165) is 0 Å². The fourth-order valence-electron chi connectivity index (χ4n) is 2.30. The summed E-state index contributed by atoms with van der Waals surface area (Å²) in [6.45, 7) is 4.55. The van der Waals surface area contributed by atoms with Gasteiger partial charge in [-0.2, -0.15) is 0 Å². The Morgan fingerprint density at radius 3 is 2.25 bits per heavy atom. The van der Waals surface area contributed by atoms with E-state index in [2.05, 4.69) is 50.3 Å². The third-order valence-corrected chi connectivity index (χ3v) is 3.34. The number of rotatable bonds is 2. The predicted molar refractivity (Wildman–Crippen MR) is 69.4 cm³/mol. The molecule has 0 heterocycles. The van der Waals surface area contributed by atoms with Gasteiger partial charge < -0.3 is 0 Å². The third-order valence-electron chi connectivity index (χ3n) is 3.34. The van der Waals surface area contributed by atoms with E-state index in [1.54, 1.807) is 0 Å². The summed E-state index contributed by atoms with van der Waals surface area (Å²) in [5.41, 5.74) is 3.25. The maximum absolute atomic E-state index is 4.93. The molecule has 0 aromatic heterocycles. The Morgan fingerprint density at radius 2 is 1.69 bits per heavy atom. The zero-order chi connectivity index (χ0) is 12.0. The summed E-state index contributed by atoms with van der Waals surface area (Å²) in [4.78, 5) is 0. The summed E-state index contributed by atoms with van der Waals surface area (Å²) in [6, 6.07) is 8.73. The summed E-state index contributed by atoms with van der Waals surface area (Å²) < 4.78 is 0. The zero-order valence-electron chi connectivity index (χ0n) is 9.63. The molecule has 0 N–H and O–H groups in total. The molecule has 0 saturated heterocycles. The zero-order valence-corrected chi connectivity index (χ0v) is 13.6. The van der Waals surface area contributed by atoms with Crippen molar-refractivity contribution < 1.29 is 20.8 Å². The van der Waals surface area contributed by atoms with Crippen LogP contribution in [-0.4, -0.2) is 0 Å². The van der Waals surface area contributed by atoms with Crippen molar-refractivity contribution in [3.05, 3.63) is 41.5 Å². The van der Waals surface area contributed by atoms with Crippen molar-refractivity contribution in [1.29, 1.82) is 0 Å². The molecule has 1 aromatic rings. The summed E-state index contributed by atoms with van der Waals surface area (Å²) in [7, 11) is 9.87. The Labute approximate surface area is 117 Å². The quantitative estimate of drug-likeness (QED) is 0.702. The summed E-state index contributed by atoms with van der Waals surface area (Å²) in [6.07, 6.45) is 7.05. The molecule has 0 saturated carbocycles. The molecule has 2 rings (SSSR count). The fraction of sp³-hybridized carbons (Fsp3) is 0.385. The number of fused-ring (bicyclic) bond motifs is 1. The van der Waals surface area contributed by atoms with E-state index < -0.39 is 20.8 Å². The van der Waals surface area contributed by atoms with E-state index >= 15 is 0 Å². The molecule has 3 heteroatoms. The number of benzene rings is 1. The van der Waals surface area contributed by atoms with Gasteiger partial charge in [0.05, 0.1) is 0 Å². The molecule has 0 atom stereocenters. The van der Waals surface area contributed by atoms with Crippen molar-refractivity contribution in [3.8, 4) is 0 Å². The molecule has 0 nitrogen and oxygen atoms in total. The minimum absolute atomic E-state index is 0.330. The third kappa shape index (κ3) is 3.00. The van der Waals surface area contributed by atoms with Gasteiger partial charge in [0.1, 0.15) is 0 Å². The molecular weight excluding hydrogens is 318 g/mol. The van der Waals surface area contributed by atoms with Crippen LogP contribution < -0.4 is 0 Å². The van der Waals surface area contributed by atoms with E-state index in [-0.39, 0.29) is 0 Å². The molecule has 16 heavy (non-hydrogen) atoms. The first kappa shape index (κ1) is 14.5. The average Bonchev–Trinajstić information content (AvgIpc) is 2.70. The summed E-state index contributed by atoms with van der Waals surface area (Å²) in [5.74, 6) is 0. The second-order valence-corrected chi connectivity index (χ2v) is 7.59. The van der Waals surface area contributed by atoms with Crippen molar-refractivity contribution in [1.82, 2.24) is 0 Å². The Hall–Kier alpha value is 0.423. The van der Waals surface area contributed by atoms with Crippen LogP contribution in [0.25, 0.3) is 6.08 Å². The standard InChI is InChI=1S/C13H16.2ClH.Zr/c1-3-13(4-2)10-9-11-7-5-6-8-12(11)13;;;/h5-10H,3-4H2,1-2H3;2*1H;/q;;;+2/p-2. The van der Waals surface area contributed by atoms with Gasteiger partial charge in [0.25, 0.3) is 0 Å². The molecule has 0 aliphatic heterocycles. The minimum atomic E-state index is -0.826. The number of allylic oxidation sites excluding steroid dienone is 1. The molecule has 0 spiro atoms. The topological polar surface area (TPSA) is 0 Å². The Morgan fingerprint density at radius 1 is 1.12 bits per heavy atom. The van der Waals surface area contributed by atoms with Gasteiger partial charge in [-0.3, -0.25) is 0 Å². The molecule has 0 bridgehead atoms. The first-order valence-corrected chi connectivity index (χ1v) is 11.8. The molecule has 0 radical (unpaired) electrons. The van der Waals surface area contributed by atoms with Crippen molar-refractivity contribution in [2.75, 3.05) is 0 Å². The number of hydrogen-bond acceptors (Lipinski definition) is 0. The van der Waals surface area contributed by atoms with E-state index in [1.807, 2.05) is 0 Å². The maximum atomic E-state index is 4.93. The molecule has 1 aliphatic rings. The Kier molecular flexibility index (Phi) is 6.33. The van der Waals surface area contributed by atoms with Gasteiger partial charge in [0.2, 0.25) is 0 Å². The average molecular weight is 334 g/mol. The number of hydrogen-bond donors (Lipinski definition) is 0. The van der Waals surface area contributed by atoms with Gasteiger partial charge in [0.15, 0.2) is 0 Å². The monoisotopic (exact) mass is 332 g/mol. The van der Waals surface area contributed by atoms with Crippen LogP contribution in [0.4, 0.5) is 0 Å². The summed E-state index contributed by atoms with van der Waals surface area (Å²) in [5, 5.41) is 0. The van der Waals surface area contributed by atoms with Crippen LogP contribution in [0.15, 0.2) is 30.3 Å². The van der Waals surface area contributed by atoms with Crippen LogP contribution in [0.1, 0.15) is 37.8 Å². The van der Waals surface area contributed by atoms with E-state index in [1.165, 1.54) is 24.0 Å². The second-order valence-electron chi connectivity index (χ2n) is 3.86. The molecule has 1 aromatic carbocycles. The van der Waals surface area contributed by atoms with Crippen molar-refractivity contribution in [2.24, 2.45) is 0 Å². The van der Waals surface area contributed by atoms with Crippen LogP contribution in [-0.2, 0) is 26.3 Å². The normalized spacial score (nSPS) is 15.0. The van der Waals surface area contributed by atoms with Gasteiger partial charge in [0, 0.05) is 5.41 Å². The van der Waals surface area contributed by atoms with Crippen molar-refractivity contribution in [3.63, 3.8) is 0 Å². The van der Waals surface area contributed by atoms with Crippen LogP contribution >= 0.6 is 17.0 Å². The van der Waals surface area contributed by atoms with Crippen LogP contribution in [0.2, 0.25) is 0 Å². The second kappa shape index (κ2) is 6.99. The van der Waals surface area contributed by atoms with Gasteiger partial charge >= 0.3 is 37.9 Å². The van der Waals surface area contributed by atoms with E-state index in [0.29, 0.717) is 5.41 Å². The first-order chi connectivity index (χ1) is 7.74. The first-order valence-electron chi connectivity index (χ1n) is 5.49. The molecule has 1 aliphatic carbocycles. The van der Waals surface area contributed by atoms with Crippen LogP contribution in [0, 0.1) is 0 Å². The van der Waals surface area contributed by atoms with Gasteiger partial charge in [-0.15, -0.1) is 0 Å². The van der Waals surface area contributed by atoms with E-state index in [9.17, 15) is 0 Å². The van der Waals surface area contributed by atoms with Gasteiger partial charge in [-0.25, -0.2) is 0 Å². The fourth-order valence-corrected chi connectivity index (χ4v) is 2.30. The molecular formula is C13H16Cl2Zr. The van der Waals surface area contributed by atoms with E-state index in [4.69, 9.17) is 17.0 Å². The van der Waals surface area contributed by atoms with Crippen molar-refractivity contribution in [2.45, 2.75) is 32.1 Å². The Balaban J connectivity index is 0.000000386. The van der Waals surface area contributed by atoms with Gasteiger partial charge in [-0.05, 0) is 24.0 Å². The predicted octanol–water partition coefficient (Wildman–Crippen LogP) is 5.15. The van der Waals surface area contributed by atoms with Crippen molar-refractivity contribution >= 4 is 23.1 Å². The molecule has 86 valence electrons. The van der Waals surface area contributed by atoms with Crippen LogP contribution in [0.5, 0.6) is 0 Å². The van der Waals surface area contributed by atoms with Crippen LogP contribution in [0.3, 0.4) is 0 Å². The summed E-state index contributed by atoms with van der Waals surface area (Å²) >= 11 is -0.826.